The number of nitrogens with one attached hydrogen (secondary N) is 2. The second-order valence-electron chi connectivity index (χ2n) is 9.68. The van der Waals surface area contributed by atoms with Crippen LogP contribution < -0.4 is 16.4 Å². The van der Waals surface area contributed by atoms with E-state index in [4.69, 9.17) is 15.7 Å². The van der Waals surface area contributed by atoms with E-state index < -0.39 is 11.7 Å². The van der Waals surface area contributed by atoms with E-state index in [1.807, 2.05) is 0 Å². The normalized spacial score (nSPS) is 19.4. The molecule has 184 valence electrons. The molecule has 1 aliphatic rings. The molecule has 34 heavy (non-hydrogen) atoms. The third-order valence-corrected chi connectivity index (χ3v) is 6.75. The van der Waals surface area contributed by atoms with Crippen molar-refractivity contribution in [2.75, 3.05) is 17.2 Å². The summed E-state index contributed by atoms with van der Waals surface area (Å²) >= 11 is 0. The van der Waals surface area contributed by atoms with Crippen molar-refractivity contribution >= 4 is 28.7 Å². The van der Waals surface area contributed by atoms with Crippen LogP contribution in [0.5, 0.6) is 0 Å². The van der Waals surface area contributed by atoms with Crippen LogP contribution in [0.1, 0.15) is 64.5 Å². The van der Waals surface area contributed by atoms with Crippen molar-refractivity contribution in [1.29, 1.82) is 0 Å². The molecule has 0 atom stereocenters. The molecule has 0 amide bonds. The summed E-state index contributed by atoms with van der Waals surface area (Å²) < 4.78 is 41.0. The number of nitrogens with zero attached hydrogens (tertiary/aromatic N) is 4. The molecule has 4 rings (SSSR count). The lowest BCUT2D eigenvalue weighted by molar-refractivity contribution is -0.137. The van der Waals surface area contributed by atoms with Gasteiger partial charge in [-0.2, -0.15) is 18.2 Å². The van der Waals surface area contributed by atoms with Gasteiger partial charge in [-0.15, -0.1) is 0 Å². The van der Waals surface area contributed by atoms with Gasteiger partial charge in [-0.3, -0.25) is 4.57 Å². The van der Waals surface area contributed by atoms with Crippen LogP contribution in [0, 0.1) is 5.92 Å². The number of imidazole rings is 1. The summed E-state index contributed by atoms with van der Waals surface area (Å²) in [6.45, 7) is 6.95. The fourth-order valence-corrected chi connectivity index (χ4v) is 4.29. The van der Waals surface area contributed by atoms with E-state index >= 15 is 0 Å². The third-order valence-electron chi connectivity index (χ3n) is 6.75. The smallest absolute Gasteiger partial charge is 0.349 e. The Morgan fingerprint density at radius 1 is 1.06 bits per heavy atom. The number of fused-ring (bicyclic) bond motifs is 1. The summed E-state index contributed by atoms with van der Waals surface area (Å²) in [5.41, 5.74) is 6.89. The van der Waals surface area contributed by atoms with Crippen LogP contribution in [0.15, 0.2) is 30.5 Å². The van der Waals surface area contributed by atoms with Crippen molar-refractivity contribution in [1.82, 2.24) is 19.5 Å². The van der Waals surface area contributed by atoms with Crippen molar-refractivity contribution in [3.05, 3.63) is 36.0 Å². The minimum atomic E-state index is -4.38. The van der Waals surface area contributed by atoms with E-state index in [-0.39, 0.29) is 11.6 Å². The van der Waals surface area contributed by atoms with Gasteiger partial charge in [-0.1, -0.05) is 6.92 Å². The Morgan fingerprint density at radius 3 is 2.32 bits per heavy atom. The van der Waals surface area contributed by atoms with Crippen LogP contribution in [0.3, 0.4) is 0 Å². The summed E-state index contributed by atoms with van der Waals surface area (Å²) in [7, 11) is 0. The number of aromatic nitrogens is 4. The second kappa shape index (κ2) is 9.40. The molecule has 1 aliphatic carbocycles. The Kier molecular flexibility index (Phi) is 6.71. The predicted molar refractivity (Wildman–Crippen MR) is 128 cm³/mol. The lowest BCUT2D eigenvalue weighted by Crippen LogP contribution is -2.30. The molecule has 3 aromatic rings. The number of rotatable bonds is 7. The molecule has 0 bridgehead atoms. The summed E-state index contributed by atoms with van der Waals surface area (Å²) in [6, 6.07) is 5.12. The van der Waals surface area contributed by atoms with Gasteiger partial charge >= 0.3 is 6.18 Å². The van der Waals surface area contributed by atoms with Crippen LogP contribution in [0.4, 0.5) is 30.8 Å². The van der Waals surface area contributed by atoms with Crippen LogP contribution in [-0.4, -0.2) is 31.6 Å². The first-order chi connectivity index (χ1) is 16.1. The minimum absolute atomic E-state index is 0.159. The first kappa shape index (κ1) is 24.3. The molecule has 0 spiro atoms. The highest BCUT2D eigenvalue weighted by Gasteiger charge is 2.30. The third kappa shape index (κ3) is 5.27. The van der Waals surface area contributed by atoms with Crippen molar-refractivity contribution < 1.29 is 13.2 Å². The molecule has 1 aromatic carbocycles. The molecule has 1 fully saturated rings. The first-order valence-corrected chi connectivity index (χ1v) is 11.8. The number of nitrogens with two attached hydrogens (primary N) is 1. The Labute approximate surface area is 197 Å². The zero-order chi connectivity index (χ0) is 24.5. The number of alkyl halides is 3. The number of halogens is 3. The Bertz CT molecular complexity index is 1110. The molecule has 0 radical (unpaired) electrons. The zero-order valence-electron chi connectivity index (χ0n) is 19.8. The van der Waals surface area contributed by atoms with E-state index in [0.29, 0.717) is 41.2 Å². The Morgan fingerprint density at radius 2 is 1.74 bits per heavy atom. The molecule has 2 heterocycles. The largest absolute Gasteiger partial charge is 0.416 e. The van der Waals surface area contributed by atoms with Crippen LogP contribution >= 0.6 is 0 Å². The molecule has 1 saturated carbocycles. The van der Waals surface area contributed by atoms with Crippen LogP contribution in [0.2, 0.25) is 0 Å². The van der Waals surface area contributed by atoms with Gasteiger partial charge in [0, 0.05) is 17.3 Å². The van der Waals surface area contributed by atoms with E-state index in [2.05, 4.69) is 41.0 Å². The molecular formula is C24H32F3N7. The number of hydrogen-bond acceptors (Lipinski definition) is 6. The van der Waals surface area contributed by atoms with Crippen LogP contribution in [-0.2, 0) is 6.18 Å². The Hall–Kier alpha value is -2.88. The van der Waals surface area contributed by atoms with Gasteiger partial charge in [-0.25, -0.2) is 9.97 Å². The second-order valence-corrected chi connectivity index (χ2v) is 9.68. The monoisotopic (exact) mass is 475 g/mol. The number of benzene rings is 1. The molecule has 0 unspecified atom stereocenters. The minimum Gasteiger partial charge on any atom is -0.349 e. The maximum Gasteiger partial charge on any atom is 0.416 e. The highest BCUT2D eigenvalue weighted by molar-refractivity contribution is 5.76. The highest BCUT2D eigenvalue weighted by Crippen LogP contribution is 2.37. The van der Waals surface area contributed by atoms with E-state index in [0.717, 1.165) is 44.2 Å². The van der Waals surface area contributed by atoms with Gasteiger partial charge in [0.15, 0.2) is 5.65 Å². The summed E-state index contributed by atoms with van der Waals surface area (Å²) in [6.07, 6.45) is 2.11. The molecule has 0 saturated heterocycles. The highest BCUT2D eigenvalue weighted by atomic mass is 19.4. The first-order valence-electron chi connectivity index (χ1n) is 11.8. The van der Waals surface area contributed by atoms with Gasteiger partial charge in [0.1, 0.15) is 5.52 Å². The lowest BCUT2D eigenvalue weighted by atomic mass is 9.86. The molecule has 4 N–H and O–H groups in total. The molecule has 2 aromatic heterocycles. The molecule has 0 aliphatic heterocycles. The predicted octanol–water partition coefficient (Wildman–Crippen LogP) is 5.88. The van der Waals surface area contributed by atoms with Gasteiger partial charge in [-0.05, 0) is 82.7 Å². The summed E-state index contributed by atoms with van der Waals surface area (Å²) in [5.74, 6) is 1.58. The van der Waals surface area contributed by atoms with Crippen molar-refractivity contribution in [2.45, 2.75) is 70.6 Å². The SMILES string of the molecule is CCC(C)(C)Nc1ncc2nc(Nc3ccc(C(F)(F)F)cc3)n([C@H]3CC[C@@H](CN)CC3)c2n1. The maximum atomic E-state index is 13.0. The topological polar surface area (TPSA) is 93.7 Å². The van der Waals surface area contributed by atoms with E-state index in [1.165, 1.54) is 12.1 Å². The average molecular weight is 476 g/mol. The lowest BCUT2D eigenvalue weighted by Gasteiger charge is -2.30. The van der Waals surface area contributed by atoms with Gasteiger partial charge in [0.2, 0.25) is 11.9 Å². The molecule has 7 nitrogen and oxygen atoms in total. The quantitative estimate of drug-likeness (QED) is 0.395. The molecule has 10 heteroatoms. The van der Waals surface area contributed by atoms with Crippen molar-refractivity contribution in [3.63, 3.8) is 0 Å². The zero-order valence-corrected chi connectivity index (χ0v) is 19.8. The maximum absolute atomic E-state index is 13.0. The van der Waals surface area contributed by atoms with Crippen LogP contribution in [0.25, 0.3) is 11.2 Å². The van der Waals surface area contributed by atoms with E-state index in [1.54, 1.807) is 6.20 Å². The Balaban J connectivity index is 1.71. The standard InChI is InChI=1S/C24H32F3N7/c1-4-23(2,3)33-21-29-14-19-20(32-21)34(18-11-5-15(13-28)6-12-18)22(31-19)30-17-9-7-16(8-10-17)24(25,26)27/h7-10,14-15,18H,4-6,11-13,28H2,1-3H3,(H,30,31)(H,29,32,33)/t15-,18+. The fourth-order valence-electron chi connectivity index (χ4n) is 4.29. The summed E-state index contributed by atoms with van der Waals surface area (Å²) in [5, 5.41) is 6.59. The van der Waals surface area contributed by atoms with Crippen molar-refractivity contribution in [3.8, 4) is 0 Å². The van der Waals surface area contributed by atoms with Gasteiger partial charge < -0.3 is 16.4 Å². The van der Waals surface area contributed by atoms with Crippen molar-refractivity contribution in [2.24, 2.45) is 11.7 Å². The number of hydrogen-bond donors (Lipinski definition) is 3. The molecular weight excluding hydrogens is 443 g/mol. The van der Waals surface area contributed by atoms with Gasteiger partial charge in [0.05, 0.1) is 11.8 Å². The average Bonchev–Trinajstić information content (AvgIpc) is 3.15. The number of anilines is 3. The summed E-state index contributed by atoms with van der Waals surface area (Å²) in [4.78, 5) is 13.9. The fraction of sp³-hybridized carbons (Fsp3) is 0.542. The van der Waals surface area contributed by atoms with E-state index in [9.17, 15) is 13.2 Å². The van der Waals surface area contributed by atoms with Gasteiger partial charge in [0.25, 0.3) is 0 Å².